The van der Waals surface area contributed by atoms with Crippen molar-refractivity contribution in [2.24, 2.45) is 5.10 Å². The van der Waals surface area contributed by atoms with Gasteiger partial charge in [0.25, 0.3) is 0 Å². The minimum Gasteiger partial charge on any atom is -0.318 e. The molecule has 0 atom stereocenters. The van der Waals surface area contributed by atoms with Crippen molar-refractivity contribution in [3.05, 3.63) is 63.6 Å². The standard InChI is InChI=1S/C17H15Cl2N3O2/c1-2-11-3-7-14(8-4-11)21-16(23)17(24)22-20-10-12-5-6-13(18)9-15(12)19/h3-10H,2H2,1H3,(H,21,23)(H,22,24). The van der Waals surface area contributed by atoms with Gasteiger partial charge in [-0.05, 0) is 36.2 Å². The molecule has 0 aromatic heterocycles. The van der Waals surface area contributed by atoms with Gasteiger partial charge in [-0.2, -0.15) is 5.10 Å². The molecule has 2 aromatic carbocycles. The molecule has 24 heavy (non-hydrogen) atoms. The molecule has 0 aliphatic heterocycles. The van der Waals surface area contributed by atoms with Crippen molar-refractivity contribution >= 4 is 46.9 Å². The first-order chi connectivity index (χ1) is 11.5. The number of amides is 2. The summed E-state index contributed by atoms with van der Waals surface area (Å²) < 4.78 is 0. The zero-order chi connectivity index (χ0) is 17.5. The van der Waals surface area contributed by atoms with Crippen LogP contribution in [-0.2, 0) is 16.0 Å². The van der Waals surface area contributed by atoms with Crippen LogP contribution in [0.4, 0.5) is 5.69 Å². The molecule has 5 nitrogen and oxygen atoms in total. The van der Waals surface area contributed by atoms with Crippen molar-refractivity contribution in [1.29, 1.82) is 0 Å². The minimum atomic E-state index is -0.879. The largest absolute Gasteiger partial charge is 0.329 e. The van der Waals surface area contributed by atoms with Gasteiger partial charge in [0, 0.05) is 16.3 Å². The van der Waals surface area contributed by atoms with Crippen LogP contribution in [0.15, 0.2) is 47.6 Å². The number of anilines is 1. The molecule has 0 bridgehead atoms. The highest BCUT2D eigenvalue weighted by atomic mass is 35.5. The van der Waals surface area contributed by atoms with Crippen LogP contribution in [-0.4, -0.2) is 18.0 Å². The van der Waals surface area contributed by atoms with Crippen LogP contribution >= 0.6 is 23.2 Å². The van der Waals surface area contributed by atoms with Gasteiger partial charge in [0.15, 0.2) is 0 Å². The smallest absolute Gasteiger partial charge is 0.318 e. The number of nitrogens with one attached hydrogen (secondary N) is 2. The molecule has 0 aliphatic carbocycles. The van der Waals surface area contributed by atoms with Gasteiger partial charge in [0.1, 0.15) is 0 Å². The van der Waals surface area contributed by atoms with E-state index in [1.54, 1.807) is 30.3 Å². The van der Waals surface area contributed by atoms with Gasteiger partial charge < -0.3 is 5.32 Å². The van der Waals surface area contributed by atoms with Crippen LogP contribution in [0.3, 0.4) is 0 Å². The Morgan fingerprint density at radius 2 is 1.79 bits per heavy atom. The second kappa shape index (κ2) is 8.47. The molecule has 2 rings (SSSR count). The summed E-state index contributed by atoms with van der Waals surface area (Å²) in [5.41, 5.74) is 4.39. The van der Waals surface area contributed by atoms with E-state index in [0.29, 0.717) is 21.3 Å². The van der Waals surface area contributed by atoms with Crippen molar-refractivity contribution in [2.45, 2.75) is 13.3 Å². The van der Waals surface area contributed by atoms with E-state index in [0.717, 1.165) is 12.0 Å². The highest BCUT2D eigenvalue weighted by Crippen LogP contribution is 2.19. The summed E-state index contributed by atoms with van der Waals surface area (Å²) in [6.07, 6.45) is 2.23. The minimum absolute atomic E-state index is 0.390. The number of carbonyl (C=O) groups is 2. The van der Waals surface area contributed by atoms with Gasteiger partial charge in [0.05, 0.1) is 11.2 Å². The van der Waals surface area contributed by atoms with Crippen LogP contribution in [0, 0.1) is 0 Å². The number of halogens is 2. The van der Waals surface area contributed by atoms with Gasteiger partial charge in [-0.1, -0.05) is 48.3 Å². The highest BCUT2D eigenvalue weighted by molar-refractivity contribution is 6.39. The first-order valence-electron chi connectivity index (χ1n) is 7.18. The quantitative estimate of drug-likeness (QED) is 0.494. The van der Waals surface area contributed by atoms with Crippen molar-refractivity contribution in [2.75, 3.05) is 5.32 Å². The number of rotatable bonds is 4. The Hall–Kier alpha value is -2.37. The van der Waals surface area contributed by atoms with E-state index in [1.165, 1.54) is 6.21 Å². The Balaban J connectivity index is 1.91. The Morgan fingerprint density at radius 3 is 2.42 bits per heavy atom. The fraction of sp³-hybridized carbons (Fsp3) is 0.118. The third-order valence-electron chi connectivity index (χ3n) is 3.16. The molecule has 7 heteroatoms. The summed E-state index contributed by atoms with van der Waals surface area (Å²) in [4.78, 5) is 23.5. The maximum Gasteiger partial charge on any atom is 0.329 e. The SMILES string of the molecule is CCc1ccc(NC(=O)C(=O)NN=Cc2ccc(Cl)cc2Cl)cc1. The van der Waals surface area contributed by atoms with E-state index in [4.69, 9.17) is 23.2 Å². The van der Waals surface area contributed by atoms with Gasteiger partial charge in [-0.25, -0.2) is 5.43 Å². The van der Waals surface area contributed by atoms with Crippen molar-refractivity contribution in [3.8, 4) is 0 Å². The van der Waals surface area contributed by atoms with E-state index < -0.39 is 11.8 Å². The Labute approximate surface area is 149 Å². The van der Waals surface area contributed by atoms with E-state index in [1.807, 2.05) is 19.1 Å². The average Bonchev–Trinajstić information content (AvgIpc) is 2.57. The highest BCUT2D eigenvalue weighted by Gasteiger charge is 2.12. The second-order valence-corrected chi connectivity index (χ2v) is 5.71. The maximum absolute atomic E-state index is 11.8. The Kier molecular flexibility index (Phi) is 6.35. The molecular formula is C17H15Cl2N3O2. The van der Waals surface area contributed by atoms with Crippen LogP contribution in [0.25, 0.3) is 0 Å². The molecule has 0 unspecified atom stereocenters. The third-order valence-corrected chi connectivity index (χ3v) is 3.72. The Morgan fingerprint density at radius 1 is 1.08 bits per heavy atom. The van der Waals surface area contributed by atoms with Gasteiger partial charge >= 0.3 is 11.8 Å². The Bertz CT molecular complexity index is 774. The summed E-state index contributed by atoms with van der Waals surface area (Å²) in [6, 6.07) is 12.1. The maximum atomic E-state index is 11.8. The molecule has 0 fully saturated rings. The normalized spacial score (nSPS) is 10.6. The molecule has 0 aliphatic rings. The van der Waals surface area contributed by atoms with Crippen molar-refractivity contribution < 1.29 is 9.59 Å². The van der Waals surface area contributed by atoms with E-state index >= 15 is 0 Å². The average molecular weight is 364 g/mol. The number of benzene rings is 2. The van der Waals surface area contributed by atoms with Crippen LogP contribution in [0.1, 0.15) is 18.1 Å². The summed E-state index contributed by atoms with van der Waals surface area (Å²) in [5.74, 6) is -1.69. The van der Waals surface area contributed by atoms with Gasteiger partial charge in [-0.15, -0.1) is 0 Å². The molecule has 0 saturated carbocycles. The molecule has 2 amide bonds. The number of hydrazone groups is 1. The van der Waals surface area contributed by atoms with Gasteiger partial charge in [0.2, 0.25) is 0 Å². The number of hydrogen-bond donors (Lipinski definition) is 2. The van der Waals surface area contributed by atoms with Gasteiger partial charge in [-0.3, -0.25) is 9.59 Å². The van der Waals surface area contributed by atoms with Crippen molar-refractivity contribution in [3.63, 3.8) is 0 Å². The summed E-state index contributed by atoms with van der Waals surface area (Å²) in [7, 11) is 0. The fourth-order valence-electron chi connectivity index (χ4n) is 1.83. The van der Waals surface area contributed by atoms with Crippen LogP contribution < -0.4 is 10.7 Å². The molecule has 2 N–H and O–H groups in total. The van der Waals surface area contributed by atoms with E-state index in [2.05, 4.69) is 15.8 Å². The molecular weight excluding hydrogens is 349 g/mol. The van der Waals surface area contributed by atoms with Crippen LogP contribution in [0.2, 0.25) is 10.0 Å². The summed E-state index contributed by atoms with van der Waals surface area (Å²) >= 11 is 11.8. The van der Waals surface area contributed by atoms with Crippen molar-refractivity contribution in [1.82, 2.24) is 5.43 Å². The topological polar surface area (TPSA) is 70.6 Å². The van der Waals surface area contributed by atoms with Crippen LogP contribution in [0.5, 0.6) is 0 Å². The number of nitrogens with zero attached hydrogens (tertiary/aromatic N) is 1. The molecule has 124 valence electrons. The third kappa shape index (κ3) is 5.08. The first kappa shape index (κ1) is 18.0. The summed E-state index contributed by atoms with van der Waals surface area (Å²) in [5, 5.41) is 7.09. The second-order valence-electron chi connectivity index (χ2n) is 4.87. The monoisotopic (exact) mass is 363 g/mol. The number of aryl methyl sites for hydroxylation is 1. The zero-order valence-electron chi connectivity index (χ0n) is 12.8. The molecule has 2 aromatic rings. The number of hydrogen-bond acceptors (Lipinski definition) is 3. The van der Waals surface area contributed by atoms with E-state index in [9.17, 15) is 9.59 Å². The van der Waals surface area contributed by atoms with E-state index in [-0.39, 0.29) is 0 Å². The molecule has 0 heterocycles. The lowest BCUT2D eigenvalue weighted by Crippen LogP contribution is -2.32. The molecule has 0 radical (unpaired) electrons. The number of carbonyl (C=O) groups excluding carboxylic acids is 2. The molecule has 0 saturated heterocycles. The molecule has 0 spiro atoms. The lowest BCUT2D eigenvalue weighted by molar-refractivity contribution is -0.136. The predicted molar refractivity (Wildman–Crippen MR) is 96.6 cm³/mol. The fourth-order valence-corrected chi connectivity index (χ4v) is 2.29. The zero-order valence-corrected chi connectivity index (χ0v) is 14.4. The predicted octanol–water partition coefficient (Wildman–Crippen LogP) is 3.64. The first-order valence-corrected chi connectivity index (χ1v) is 7.93. The lowest BCUT2D eigenvalue weighted by Gasteiger charge is -2.05. The summed E-state index contributed by atoms with van der Waals surface area (Å²) in [6.45, 7) is 2.03. The lowest BCUT2D eigenvalue weighted by atomic mass is 10.1.